The summed E-state index contributed by atoms with van der Waals surface area (Å²) >= 11 is 0. The van der Waals surface area contributed by atoms with Gasteiger partial charge in [-0.3, -0.25) is 9.48 Å². The summed E-state index contributed by atoms with van der Waals surface area (Å²) in [4.78, 5) is 11.6. The van der Waals surface area contributed by atoms with Gasteiger partial charge in [-0.05, 0) is 6.07 Å². The van der Waals surface area contributed by atoms with Crippen molar-refractivity contribution in [3.63, 3.8) is 0 Å². The first kappa shape index (κ1) is 9.77. The number of aromatic nitrogens is 4. The number of hydrogen-bond donors (Lipinski definition) is 1. The number of benzene rings is 1. The van der Waals surface area contributed by atoms with E-state index in [2.05, 4.69) is 15.3 Å². The highest BCUT2D eigenvalue weighted by Gasteiger charge is 2.09. The van der Waals surface area contributed by atoms with E-state index in [1.165, 1.54) is 0 Å². The molecule has 0 spiro atoms. The minimum atomic E-state index is -0.173. The molecule has 0 fully saturated rings. The fourth-order valence-corrected chi connectivity index (χ4v) is 1.88. The van der Waals surface area contributed by atoms with Crippen molar-refractivity contribution in [2.24, 2.45) is 7.05 Å². The maximum absolute atomic E-state index is 11.6. The summed E-state index contributed by atoms with van der Waals surface area (Å²) in [7, 11) is 1.84. The van der Waals surface area contributed by atoms with Gasteiger partial charge in [0.2, 0.25) is 0 Å². The maximum Gasteiger partial charge on any atom is 0.272 e. The van der Waals surface area contributed by atoms with Crippen molar-refractivity contribution in [2.75, 3.05) is 0 Å². The van der Waals surface area contributed by atoms with Crippen LogP contribution < -0.4 is 5.56 Å². The van der Waals surface area contributed by atoms with E-state index in [1.807, 2.05) is 31.4 Å². The summed E-state index contributed by atoms with van der Waals surface area (Å²) in [6.07, 6.45) is 3.60. The lowest BCUT2D eigenvalue weighted by molar-refractivity contribution is 0.768. The number of rotatable bonds is 1. The van der Waals surface area contributed by atoms with Gasteiger partial charge >= 0.3 is 0 Å². The SMILES string of the molecule is Cn1cc(-c2n[nH]c(=O)c3ccccc23)cn1. The van der Waals surface area contributed by atoms with E-state index < -0.39 is 0 Å². The molecule has 0 aliphatic heterocycles. The van der Waals surface area contributed by atoms with Crippen LogP contribution in [0.25, 0.3) is 22.0 Å². The molecule has 0 saturated carbocycles. The molecule has 0 unspecified atom stereocenters. The number of aryl methyl sites for hydroxylation is 1. The second-order valence-corrected chi connectivity index (χ2v) is 3.85. The molecule has 0 aliphatic rings. The van der Waals surface area contributed by atoms with Gasteiger partial charge in [0.15, 0.2) is 0 Å². The summed E-state index contributed by atoms with van der Waals surface area (Å²) in [6, 6.07) is 7.41. The number of nitrogens with one attached hydrogen (secondary N) is 1. The summed E-state index contributed by atoms with van der Waals surface area (Å²) in [5.74, 6) is 0. The Morgan fingerprint density at radius 3 is 2.71 bits per heavy atom. The zero-order valence-corrected chi connectivity index (χ0v) is 9.21. The van der Waals surface area contributed by atoms with Crippen LogP contribution in [0.2, 0.25) is 0 Å². The van der Waals surface area contributed by atoms with Crippen molar-refractivity contribution in [3.05, 3.63) is 47.0 Å². The minimum absolute atomic E-state index is 0.173. The lowest BCUT2D eigenvalue weighted by Gasteiger charge is -2.01. The minimum Gasteiger partial charge on any atom is -0.275 e. The fourth-order valence-electron chi connectivity index (χ4n) is 1.88. The van der Waals surface area contributed by atoms with Crippen LogP contribution in [0.4, 0.5) is 0 Å². The van der Waals surface area contributed by atoms with Crippen LogP contribution in [0, 0.1) is 0 Å². The van der Waals surface area contributed by atoms with E-state index in [4.69, 9.17) is 0 Å². The molecule has 2 aromatic heterocycles. The summed E-state index contributed by atoms with van der Waals surface area (Å²) < 4.78 is 1.71. The molecule has 0 amide bonds. The highest BCUT2D eigenvalue weighted by atomic mass is 16.1. The third-order valence-corrected chi connectivity index (χ3v) is 2.67. The quantitative estimate of drug-likeness (QED) is 0.680. The first-order chi connectivity index (χ1) is 8.25. The normalized spacial score (nSPS) is 10.9. The molecule has 1 N–H and O–H groups in total. The first-order valence-electron chi connectivity index (χ1n) is 5.22. The van der Waals surface area contributed by atoms with E-state index in [-0.39, 0.29) is 5.56 Å². The Morgan fingerprint density at radius 1 is 1.24 bits per heavy atom. The molecule has 0 bridgehead atoms. The molecule has 5 heteroatoms. The summed E-state index contributed by atoms with van der Waals surface area (Å²) in [6.45, 7) is 0. The number of aromatic amines is 1. The number of hydrogen-bond acceptors (Lipinski definition) is 3. The molecule has 3 aromatic rings. The lowest BCUT2D eigenvalue weighted by atomic mass is 10.1. The van der Waals surface area contributed by atoms with Crippen molar-refractivity contribution in [1.29, 1.82) is 0 Å². The highest BCUT2D eigenvalue weighted by Crippen LogP contribution is 2.22. The molecule has 1 aromatic carbocycles. The summed E-state index contributed by atoms with van der Waals surface area (Å²) in [5, 5.41) is 12.2. The van der Waals surface area contributed by atoms with Crippen LogP contribution in [0.5, 0.6) is 0 Å². The molecule has 84 valence electrons. The molecule has 17 heavy (non-hydrogen) atoms. The van der Waals surface area contributed by atoms with Gasteiger partial charge in [0.1, 0.15) is 5.69 Å². The van der Waals surface area contributed by atoms with E-state index in [1.54, 1.807) is 16.9 Å². The predicted octanol–water partition coefficient (Wildman–Crippen LogP) is 1.32. The van der Waals surface area contributed by atoms with Crippen molar-refractivity contribution in [2.45, 2.75) is 0 Å². The molecule has 0 saturated heterocycles. The van der Waals surface area contributed by atoms with Gasteiger partial charge < -0.3 is 0 Å². The summed E-state index contributed by atoms with van der Waals surface area (Å²) in [5.41, 5.74) is 1.46. The molecule has 3 rings (SSSR count). The molecule has 0 radical (unpaired) electrons. The van der Waals surface area contributed by atoms with Crippen molar-refractivity contribution < 1.29 is 0 Å². The second-order valence-electron chi connectivity index (χ2n) is 3.85. The number of H-pyrrole nitrogens is 1. The van der Waals surface area contributed by atoms with Crippen LogP contribution in [0.15, 0.2) is 41.5 Å². The van der Waals surface area contributed by atoms with Gasteiger partial charge in [0.25, 0.3) is 5.56 Å². The topological polar surface area (TPSA) is 63.6 Å². The third-order valence-electron chi connectivity index (χ3n) is 2.67. The molecule has 2 heterocycles. The van der Waals surface area contributed by atoms with Crippen LogP contribution in [-0.4, -0.2) is 20.0 Å². The van der Waals surface area contributed by atoms with Crippen molar-refractivity contribution in [3.8, 4) is 11.3 Å². The number of fused-ring (bicyclic) bond motifs is 1. The van der Waals surface area contributed by atoms with Crippen LogP contribution in [0.1, 0.15) is 0 Å². The van der Waals surface area contributed by atoms with Gasteiger partial charge in [-0.15, -0.1) is 0 Å². The Morgan fingerprint density at radius 2 is 2.00 bits per heavy atom. The van der Waals surface area contributed by atoms with E-state index in [0.717, 1.165) is 16.6 Å². The standard InChI is InChI=1S/C12H10N4O/c1-16-7-8(6-13-16)11-9-4-2-3-5-10(9)12(17)15-14-11/h2-7H,1H3,(H,15,17). The van der Waals surface area contributed by atoms with E-state index >= 15 is 0 Å². The first-order valence-corrected chi connectivity index (χ1v) is 5.22. The Labute approximate surface area is 96.7 Å². The predicted molar refractivity (Wildman–Crippen MR) is 64.6 cm³/mol. The molecule has 5 nitrogen and oxygen atoms in total. The van der Waals surface area contributed by atoms with Crippen LogP contribution in [0.3, 0.4) is 0 Å². The zero-order valence-electron chi connectivity index (χ0n) is 9.21. The van der Waals surface area contributed by atoms with Gasteiger partial charge in [0, 0.05) is 24.2 Å². The monoisotopic (exact) mass is 226 g/mol. The van der Waals surface area contributed by atoms with E-state index in [0.29, 0.717) is 5.39 Å². The maximum atomic E-state index is 11.6. The Balaban J connectivity index is 2.38. The van der Waals surface area contributed by atoms with Crippen LogP contribution >= 0.6 is 0 Å². The second kappa shape index (κ2) is 3.55. The smallest absolute Gasteiger partial charge is 0.272 e. The average molecular weight is 226 g/mol. The van der Waals surface area contributed by atoms with Gasteiger partial charge in [-0.25, -0.2) is 5.10 Å². The Hall–Kier alpha value is -2.43. The van der Waals surface area contributed by atoms with Crippen LogP contribution in [-0.2, 0) is 7.05 Å². The van der Waals surface area contributed by atoms with Gasteiger partial charge in [-0.1, -0.05) is 18.2 Å². The molecule has 0 aliphatic carbocycles. The lowest BCUT2D eigenvalue weighted by Crippen LogP contribution is -2.09. The molecular weight excluding hydrogens is 216 g/mol. The Bertz CT molecular complexity index is 741. The fraction of sp³-hybridized carbons (Fsp3) is 0.0833. The Kier molecular flexibility index (Phi) is 2.04. The average Bonchev–Trinajstić information content (AvgIpc) is 2.77. The van der Waals surface area contributed by atoms with Crippen molar-refractivity contribution >= 4 is 10.8 Å². The molecular formula is C12H10N4O. The molecule has 0 atom stereocenters. The van der Waals surface area contributed by atoms with Gasteiger partial charge in [0.05, 0.1) is 11.6 Å². The highest BCUT2D eigenvalue weighted by molar-refractivity contribution is 5.93. The third kappa shape index (κ3) is 1.52. The van der Waals surface area contributed by atoms with Gasteiger partial charge in [-0.2, -0.15) is 10.2 Å². The zero-order chi connectivity index (χ0) is 11.8. The number of nitrogens with zero attached hydrogens (tertiary/aromatic N) is 3. The van der Waals surface area contributed by atoms with Crippen molar-refractivity contribution in [1.82, 2.24) is 20.0 Å². The van der Waals surface area contributed by atoms with E-state index in [9.17, 15) is 4.79 Å². The largest absolute Gasteiger partial charge is 0.275 e.